The van der Waals surface area contributed by atoms with E-state index in [4.69, 9.17) is 5.73 Å². The summed E-state index contributed by atoms with van der Waals surface area (Å²) in [6, 6.07) is 1.81. The van der Waals surface area contributed by atoms with Crippen molar-refractivity contribution in [1.82, 2.24) is 9.97 Å². The molecule has 0 bridgehead atoms. The smallest absolute Gasteiger partial charge is 0.135 e. The first-order chi connectivity index (χ1) is 8.37. The van der Waals surface area contributed by atoms with Crippen molar-refractivity contribution >= 4 is 11.6 Å². The van der Waals surface area contributed by atoms with E-state index in [9.17, 15) is 5.11 Å². The maximum atomic E-state index is 9.95. The molecule has 3 N–H and O–H groups in total. The van der Waals surface area contributed by atoms with Crippen molar-refractivity contribution in [2.45, 2.75) is 45.1 Å². The van der Waals surface area contributed by atoms with Gasteiger partial charge in [0.2, 0.25) is 0 Å². The molecule has 0 atom stereocenters. The fourth-order valence-corrected chi connectivity index (χ4v) is 2.11. The van der Waals surface area contributed by atoms with Gasteiger partial charge in [-0.25, -0.2) is 9.97 Å². The van der Waals surface area contributed by atoms with E-state index in [1.807, 2.05) is 13.0 Å². The highest BCUT2D eigenvalue weighted by molar-refractivity contribution is 5.47. The van der Waals surface area contributed by atoms with Gasteiger partial charge in [0.05, 0.1) is 5.60 Å². The van der Waals surface area contributed by atoms with Crippen LogP contribution in [0.2, 0.25) is 0 Å². The van der Waals surface area contributed by atoms with Crippen LogP contribution in [0.3, 0.4) is 0 Å². The Kier molecular flexibility index (Phi) is 3.43. The summed E-state index contributed by atoms with van der Waals surface area (Å²) >= 11 is 0. The number of piperidine rings is 1. The summed E-state index contributed by atoms with van der Waals surface area (Å²) < 4.78 is 0. The minimum atomic E-state index is -0.546. The lowest BCUT2D eigenvalue weighted by Crippen LogP contribution is -2.42. The van der Waals surface area contributed by atoms with Crippen LogP contribution in [0.15, 0.2) is 6.07 Å². The summed E-state index contributed by atoms with van der Waals surface area (Å²) in [5.74, 6) is 2.44. The van der Waals surface area contributed by atoms with E-state index in [1.165, 1.54) is 0 Å². The lowest BCUT2D eigenvalue weighted by molar-refractivity contribution is 0.0350. The third-order valence-electron chi connectivity index (χ3n) is 3.43. The zero-order valence-corrected chi connectivity index (χ0v) is 11.3. The Balaban J connectivity index is 2.19. The lowest BCUT2D eigenvalue weighted by atomic mass is 9.94. The van der Waals surface area contributed by atoms with Gasteiger partial charge in [0.15, 0.2) is 0 Å². The van der Waals surface area contributed by atoms with Crippen molar-refractivity contribution in [2.75, 3.05) is 23.7 Å². The van der Waals surface area contributed by atoms with E-state index in [-0.39, 0.29) is 5.92 Å². The number of nitrogen functional groups attached to an aromatic ring is 1. The number of nitrogens with zero attached hydrogens (tertiary/aromatic N) is 3. The summed E-state index contributed by atoms with van der Waals surface area (Å²) in [5.41, 5.74) is 5.28. The minimum Gasteiger partial charge on any atom is -0.390 e. The van der Waals surface area contributed by atoms with Crippen molar-refractivity contribution < 1.29 is 5.11 Å². The highest BCUT2D eigenvalue weighted by Crippen LogP contribution is 2.26. The lowest BCUT2D eigenvalue weighted by Gasteiger charge is -2.36. The fourth-order valence-electron chi connectivity index (χ4n) is 2.11. The topological polar surface area (TPSA) is 75.3 Å². The molecule has 0 spiro atoms. The Bertz CT molecular complexity index is 421. The Morgan fingerprint density at radius 2 is 1.94 bits per heavy atom. The van der Waals surface area contributed by atoms with Crippen LogP contribution in [-0.2, 0) is 0 Å². The summed E-state index contributed by atoms with van der Waals surface area (Å²) in [7, 11) is 0. The first kappa shape index (κ1) is 13.1. The average molecular weight is 250 g/mol. The molecule has 0 aliphatic carbocycles. The number of aliphatic hydroxyl groups is 1. The fraction of sp³-hybridized carbons (Fsp3) is 0.692. The molecule has 1 fully saturated rings. The monoisotopic (exact) mass is 250 g/mol. The van der Waals surface area contributed by atoms with Crippen LogP contribution in [0, 0.1) is 0 Å². The molecule has 1 aliphatic rings. The van der Waals surface area contributed by atoms with Gasteiger partial charge in [0.25, 0.3) is 0 Å². The zero-order chi connectivity index (χ0) is 13.3. The molecule has 0 aromatic carbocycles. The summed E-state index contributed by atoms with van der Waals surface area (Å²) in [4.78, 5) is 11.0. The zero-order valence-electron chi connectivity index (χ0n) is 11.3. The molecule has 5 heteroatoms. The molecule has 5 nitrogen and oxygen atoms in total. The van der Waals surface area contributed by atoms with Gasteiger partial charge in [-0.2, -0.15) is 0 Å². The SMILES string of the molecule is CC(C)c1nc(N)cc(N2CCC(C)(O)CC2)n1. The van der Waals surface area contributed by atoms with Crippen LogP contribution in [-0.4, -0.2) is 33.8 Å². The second-order valence-electron chi connectivity index (χ2n) is 5.65. The normalized spacial score (nSPS) is 19.3. The predicted octanol–water partition coefficient (Wildman–Crippen LogP) is 1.53. The Labute approximate surface area is 108 Å². The molecule has 0 amide bonds. The third kappa shape index (κ3) is 2.90. The van der Waals surface area contributed by atoms with E-state index in [1.54, 1.807) is 0 Å². The Hall–Kier alpha value is -1.36. The maximum Gasteiger partial charge on any atom is 0.135 e. The van der Waals surface area contributed by atoms with Gasteiger partial charge in [-0.1, -0.05) is 13.8 Å². The van der Waals surface area contributed by atoms with Gasteiger partial charge in [0.1, 0.15) is 17.5 Å². The molecule has 0 unspecified atom stereocenters. The number of hydrogen-bond acceptors (Lipinski definition) is 5. The number of aromatic nitrogens is 2. The molecule has 100 valence electrons. The van der Waals surface area contributed by atoms with Crippen molar-refractivity contribution in [1.29, 1.82) is 0 Å². The minimum absolute atomic E-state index is 0.264. The summed E-state index contributed by atoms with van der Waals surface area (Å²) in [6.45, 7) is 7.61. The van der Waals surface area contributed by atoms with Crippen LogP contribution in [0.1, 0.15) is 45.4 Å². The van der Waals surface area contributed by atoms with E-state index in [0.717, 1.165) is 37.6 Å². The van der Waals surface area contributed by atoms with Gasteiger partial charge in [-0.15, -0.1) is 0 Å². The second-order valence-corrected chi connectivity index (χ2v) is 5.65. The maximum absolute atomic E-state index is 9.95. The van der Waals surface area contributed by atoms with Gasteiger partial charge >= 0.3 is 0 Å². The van der Waals surface area contributed by atoms with Crippen LogP contribution >= 0.6 is 0 Å². The molecule has 18 heavy (non-hydrogen) atoms. The van der Waals surface area contributed by atoms with Crippen LogP contribution < -0.4 is 10.6 Å². The first-order valence-electron chi connectivity index (χ1n) is 6.49. The second kappa shape index (κ2) is 4.72. The van der Waals surface area contributed by atoms with E-state index >= 15 is 0 Å². The number of hydrogen-bond donors (Lipinski definition) is 2. The van der Waals surface area contributed by atoms with Crippen molar-refractivity contribution in [2.24, 2.45) is 0 Å². The Morgan fingerprint density at radius 3 is 2.50 bits per heavy atom. The molecule has 1 aromatic heterocycles. The molecule has 1 aromatic rings. The standard InChI is InChI=1S/C13H22N4O/c1-9(2)12-15-10(14)8-11(16-12)17-6-4-13(3,18)5-7-17/h8-9,18H,4-7H2,1-3H3,(H2,14,15,16). The molecule has 0 saturated carbocycles. The van der Waals surface area contributed by atoms with Crippen molar-refractivity contribution in [3.63, 3.8) is 0 Å². The molecule has 1 aliphatic heterocycles. The molecule has 2 heterocycles. The van der Waals surface area contributed by atoms with E-state index in [0.29, 0.717) is 5.82 Å². The van der Waals surface area contributed by atoms with Gasteiger partial charge in [0, 0.05) is 25.1 Å². The number of anilines is 2. The predicted molar refractivity (Wildman–Crippen MR) is 72.6 cm³/mol. The summed E-state index contributed by atoms with van der Waals surface area (Å²) in [6.07, 6.45) is 1.52. The molecular formula is C13H22N4O. The van der Waals surface area contributed by atoms with Crippen LogP contribution in [0.5, 0.6) is 0 Å². The number of nitrogens with two attached hydrogens (primary N) is 1. The number of rotatable bonds is 2. The molecule has 2 rings (SSSR count). The molecule has 1 saturated heterocycles. The van der Waals surface area contributed by atoms with E-state index in [2.05, 4.69) is 28.7 Å². The van der Waals surface area contributed by atoms with Crippen molar-refractivity contribution in [3.05, 3.63) is 11.9 Å². The largest absolute Gasteiger partial charge is 0.390 e. The summed E-state index contributed by atoms with van der Waals surface area (Å²) in [5, 5.41) is 9.95. The third-order valence-corrected chi connectivity index (χ3v) is 3.43. The quantitative estimate of drug-likeness (QED) is 0.832. The van der Waals surface area contributed by atoms with Gasteiger partial charge in [-0.3, -0.25) is 0 Å². The first-order valence-corrected chi connectivity index (χ1v) is 6.49. The highest BCUT2D eigenvalue weighted by atomic mass is 16.3. The molecule has 0 radical (unpaired) electrons. The average Bonchev–Trinajstić information content (AvgIpc) is 2.28. The van der Waals surface area contributed by atoms with Gasteiger partial charge < -0.3 is 15.7 Å². The van der Waals surface area contributed by atoms with Crippen molar-refractivity contribution in [3.8, 4) is 0 Å². The van der Waals surface area contributed by atoms with Crippen LogP contribution in [0.4, 0.5) is 11.6 Å². The van der Waals surface area contributed by atoms with E-state index < -0.39 is 5.60 Å². The Morgan fingerprint density at radius 1 is 1.33 bits per heavy atom. The highest BCUT2D eigenvalue weighted by Gasteiger charge is 2.28. The van der Waals surface area contributed by atoms with Gasteiger partial charge in [-0.05, 0) is 19.8 Å². The molecular weight excluding hydrogens is 228 g/mol. The van der Waals surface area contributed by atoms with Crippen LogP contribution in [0.25, 0.3) is 0 Å².